The minimum Gasteiger partial charge on any atom is -0.379 e. The highest BCUT2D eigenvalue weighted by Crippen LogP contribution is 2.18. The standard InChI is InChI=1S/C20H33N5O.HI/c1-21-20(23-9-12-24-13-15-26-16-14-24)22-8-4-10-25-11-7-18-5-2-3-6-19(18)17-25;/h2-3,5-6H,4,7-17H2,1H3,(H2,21,22,23);1H. The lowest BCUT2D eigenvalue weighted by Crippen LogP contribution is -2.44. The summed E-state index contributed by atoms with van der Waals surface area (Å²) in [6.45, 7) is 10.1. The topological polar surface area (TPSA) is 52.1 Å². The molecule has 1 aromatic carbocycles. The summed E-state index contributed by atoms with van der Waals surface area (Å²) >= 11 is 0. The van der Waals surface area contributed by atoms with E-state index in [1.54, 1.807) is 0 Å². The molecule has 152 valence electrons. The van der Waals surface area contributed by atoms with Gasteiger partial charge in [0.2, 0.25) is 0 Å². The Hall–Kier alpha value is -0.900. The number of nitrogens with one attached hydrogen (secondary N) is 2. The fourth-order valence-corrected chi connectivity index (χ4v) is 3.63. The van der Waals surface area contributed by atoms with Crippen LogP contribution in [0.25, 0.3) is 0 Å². The van der Waals surface area contributed by atoms with E-state index in [1.807, 2.05) is 7.05 Å². The van der Waals surface area contributed by atoms with Crippen molar-refractivity contribution in [2.45, 2.75) is 19.4 Å². The Labute approximate surface area is 180 Å². The quantitative estimate of drug-likeness (QED) is 0.265. The van der Waals surface area contributed by atoms with Crippen molar-refractivity contribution in [1.29, 1.82) is 0 Å². The van der Waals surface area contributed by atoms with Gasteiger partial charge in [-0.05, 0) is 24.0 Å². The highest BCUT2D eigenvalue weighted by atomic mass is 127. The van der Waals surface area contributed by atoms with Crippen molar-refractivity contribution in [3.8, 4) is 0 Å². The van der Waals surface area contributed by atoms with Crippen LogP contribution < -0.4 is 10.6 Å². The molecule has 0 amide bonds. The van der Waals surface area contributed by atoms with Crippen LogP contribution in [0.4, 0.5) is 0 Å². The number of morpholine rings is 1. The molecule has 2 heterocycles. The van der Waals surface area contributed by atoms with Crippen LogP contribution in [-0.4, -0.2) is 81.8 Å². The molecule has 2 aliphatic heterocycles. The molecular formula is C20H34IN5O. The Morgan fingerprint density at radius 3 is 2.52 bits per heavy atom. The number of fused-ring (bicyclic) bond motifs is 1. The highest BCUT2D eigenvalue weighted by Gasteiger charge is 2.15. The predicted molar refractivity (Wildman–Crippen MR) is 122 cm³/mol. The normalized spacial score (nSPS) is 18.5. The van der Waals surface area contributed by atoms with Gasteiger partial charge in [0.05, 0.1) is 13.2 Å². The van der Waals surface area contributed by atoms with Crippen LogP contribution >= 0.6 is 24.0 Å². The lowest BCUT2D eigenvalue weighted by molar-refractivity contribution is 0.0389. The second kappa shape index (κ2) is 12.5. The van der Waals surface area contributed by atoms with E-state index in [1.165, 1.54) is 24.1 Å². The zero-order valence-electron chi connectivity index (χ0n) is 16.5. The smallest absolute Gasteiger partial charge is 0.191 e. The zero-order valence-corrected chi connectivity index (χ0v) is 18.8. The fraction of sp³-hybridized carbons (Fsp3) is 0.650. The molecule has 0 radical (unpaired) electrons. The van der Waals surface area contributed by atoms with E-state index < -0.39 is 0 Å². The minimum absolute atomic E-state index is 0. The Morgan fingerprint density at radius 1 is 1.00 bits per heavy atom. The van der Waals surface area contributed by atoms with Gasteiger partial charge in [0.1, 0.15) is 0 Å². The lowest BCUT2D eigenvalue weighted by atomic mass is 10.00. The Balaban J connectivity index is 0.00000261. The van der Waals surface area contributed by atoms with Crippen LogP contribution in [0.5, 0.6) is 0 Å². The second-order valence-electron chi connectivity index (χ2n) is 7.03. The van der Waals surface area contributed by atoms with Crippen molar-refractivity contribution in [3.05, 3.63) is 35.4 Å². The van der Waals surface area contributed by atoms with Gasteiger partial charge in [-0.3, -0.25) is 14.8 Å². The van der Waals surface area contributed by atoms with Crippen molar-refractivity contribution in [2.24, 2.45) is 4.99 Å². The summed E-state index contributed by atoms with van der Waals surface area (Å²) in [5.41, 5.74) is 3.01. The van der Waals surface area contributed by atoms with Crippen molar-refractivity contribution in [2.75, 3.05) is 66.1 Å². The molecule has 0 bridgehead atoms. The average Bonchev–Trinajstić information content (AvgIpc) is 2.70. The third kappa shape index (κ3) is 7.56. The zero-order chi connectivity index (χ0) is 18.0. The van der Waals surface area contributed by atoms with Crippen LogP contribution in [0, 0.1) is 0 Å². The van der Waals surface area contributed by atoms with Gasteiger partial charge in [0.25, 0.3) is 0 Å². The summed E-state index contributed by atoms with van der Waals surface area (Å²) in [4.78, 5) is 9.31. The molecule has 6 nitrogen and oxygen atoms in total. The van der Waals surface area contributed by atoms with Gasteiger partial charge in [-0.25, -0.2) is 0 Å². The molecule has 0 unspecified atom stereocenters. The largest absolute Gasteiger partial charge is 0.379 e. The molecule has 0 aromatic heterocycles. The maximum absolute atomic E-state index is 5.38. The minimum atomic E-state index is 0. The van der Waals surface area contributed by atoms with Gasteiger partial charge < -0.3 is 15.4 Å². The number of rotatable bonds is 7. The van der Waals surface area contributed by atoms with Gasteiger partial charge in [-0.1, -0.05) is 24.3 Å². The molecule has 2 N–H and O–H groups in total. The van der Waals surface area contributed by atoms with Crippen LogP contribution in [0.2, 0.25) is 0 Å². The summed E-state index contributed by atoms with van der Waals surface area (Å²) in [7, 11) is 1.84. The number of hydrogen-bond acceptors (Lipinski definition) is 4. The van der Waals surface area contributed by atoms with E-state index in [0.29, 0.717) is 0 Å². The van der Waals surface area contributed by atoms with Gasteiger partial charge in [-0.15, -0.1) is 24.0 Å². The van der Waals surface area contributed by atoms with E-state index in [2.05, 4.69) is 49.7 Å². The monoisotopic (exact) mass is 487 g/mol. The fourth-order valence-electron chi connectivity index (χ4n) is 3.63. The average molecular weight is 487 g/mol. The van der Waals surface area contributed by atoms with E-state index in [-0.39, 0.29) is 24.0 Å². The molecule has 1 fully saturated rings. The number of benzene rings is 1. The molecule has 2 aliphatic rings. The van der Waals surface area contributed by atoms with Gasteiger partial charge >= 0.3 is 0 Å². The maximum atomic E-state index is 5.38. The molecule has 1 saturated heterocycles. The van der Waals surface area contributed by atoms with Gasteiger partial charge in [-0.2, -0.15) is 0 Å². The number of halogens is 1. The number of hydrogen-bond donors (Lipinski definition) is 2. The number of nitrogens with zero attached hydrogens (tertiary/aromatic N) is 3. The predicted octanol–water partition coefficient (Wildman–Crippen LogP) is 1.55. The molecule has 3 rings (SSSR count). The second-order valence-corrected chi connectivity index (χ2v) is 7.03. The number of guanidine groups is 1. The Bertz CT molecular complexity index is 577. The summed E-state index contributed by atoms with van der Waals surface area (Å²) in [6.07, 6.45) is 2.31. The van der Waals surface area contributed by atoms with Crippen LogP contribution in [-0.2, 0) is 17.7 Å². The first-order chi connectivity index (χ1) is 12.8. The van der Waals surface area contributed by atoms with Gasteiger partial charge in [0.15, 0.2) is 5.96 Å². The Morgan fingerprint density at radius 2 is 1.74 bits per heavy atom. The van der Waals surface area contributed by atoms with Crippen molar-refractivity contribution in [3.63, 3.8) is 0 Å². The third-order valence-corrected chi connectivity index (χ3v) is 5.20. The Kier molecular flexibility index (Phi) is 10.4. The first-order valence-electron chi connectivity index (χ1n) is 9.89. The van der Waals surface area contributed by atoms with Crippen LogP contribution in [0.3, 0.4) is 0 Å². The molecule has 0 aliphatic carbocycles. The molecule has 1 aromatic rings. The van der Waals surface area contributed by atoms with Crippen molar-refractivity contribution in [1.82, 2.24) is 20.4 Å². The summed E-state index contributed by atoms with van der Waals surface area (Å²) in [5.74, 6) is 0.905. The van der Waals surface area contributed by atoms with Crippen LogP contribution in [0.15, 0.2) is 29.3 Å². The van der Waals surface area contributed by atoms with Crippen LogP contribution in [0.1, 0.15) is 17.5 Å². The molecule has 0 saturated carbocycles. The van der Waals surface area contributed by atoms with E-state index in [9.17, 15) is 0 Å². The summed E-state index contributed by atoms with van der Waals surface area (Å²) in [6, 6.07) is 8.83. The first-order valence-corrected chi connectivity index (χ1v) is 9.89. The van der Waals surface area contributed by atoms with E-state index >= 15 is 0 Å². The number of ether oxygens (including phenoxy) is 1. The van der Waals surface area contributed by atoms with Gasteiger partial charge in [0, 0.05) is 59.4 Å². The SMILES string of the molecule is CN=C(NCCCN1CCc2ccccc2C1)NCCN1CCOCC1.I. The third-order valence-electron chi connectivity index (χ3n) is 5.20. The molecule has 27 heavy (non-hydrogen) atoms. The lowest BCUT2D eigenvalue weighted by Gasteiger charge is -2.28. The van der Waals surface area contributed by atoms with E-state index in [4.69, 9.17) is 4.74 Å². The number of aliphatic imine (C=N–C) groups is 1. The maximum Gasteiger partial charge on any atom is 0.191 e. The first kappa shape index (κ1) is 22.4. The molecule has 0 atom stereocenters. The van der Waals surface area contributed by atoms with Crippen molar-refractivity contribution >= 4 is 29.9 Å². The highest BCUT2D eigenvalue weighted by molar-refractivity contribution is 14.0. The molecule has 0 spiro atoms. The summed E-state index contributed by atoms with van der Waals surface area (Å²) < 4.78 is 5.38. The van der Waals surface area contributed by atoms with Crippen molar-refractivity contribution < 1.29 is 4.74 Å². The molecular weight excluding hydrogens is 453 g/mol. The van der Waals surface area contributed by atoms with E-state index in [0.717, 1.165) is 71.4 Å². The molecule has 7 heteroatoms. The summed E-state index contributed by atoms with van der Waals surface area (Å²) in [5, 5.41) is 6.85.